The molecule has 0 saturated carbocycles. The number of phenols is 1. The summed E-state index contributed by atoms with van der Waals surface area (Å²) < 4.78 is 23.1. The molecule has 23 heavy (non-hydrogen) atoms. The van der Waals surface area contributed by atoms with E-state index in [9.17, 15) is 14.3 Å². The molecule has 0 atom stereocenters. The van der Waals surface area contributed by atoms with Gasteiger partial charge in [0, 0.05) is 18.7 Å². The van der Waals surface area contributed by atoms with Crippen molar-refractivity contribution in [1.82, 2.24) is 0 Å². The van der Waals surface area contributed by atoms with E-state index in [1.165, 1.54) is 31.4 Å². The van der Waals surface area contributed by atoms with Gasteiger partial charge in [-0.1, -0.05) is 0 Å². The summed E-state index contributed by atoms with van der Waals surface area (Å²) in [6, 6.07) is 9.67. The van der Waals surface area contributed by atoms with Gasteiger partial charge in [-0.3, -0.25) is 4.79 Å². The Morgan fingerprint density at radius 1 is 1.26 bits per heavy atom. The van der Waals surface area contributed by atoms with E-state index in [0.717, 1.165) is 12.1 Å². The molecule has 1 N–H and O–H groups in total. The molecule has 2 aromatic carbocycles. The minimum atomic E-state index is -0.637. The van der Waals surface area contributed by atoms with E-state index in [1.807, 2.05) is 6.07 Å². The summed E-state index contributed by atoms with van der Waals surface area (Å²) in [4.78, 5) is 12.6. The predicted octanol–water partition coefficient (Wildman–Crippen LogP) is 2.75. The first-order valence-corrected chi connectivity index (χ1v) is 6.69. The maximum atomic E-state index is 13.1. The summed E-state index contributed by atoms with van der Waals surface area (Å²) in [5.74, 6) is -1.56. The van der Waals surface area contributed by atoms with Crippen LogP contribution in [-0.2, 0) is 16.1 Å². The van der Waals surface area contributed by atoms with Gasteiger partial charge in [-0.15, -0.1) is 0 Å². The van der Waals surface area contributed by atoms with Crippen LogP contribution in [0.3, 0.4) is 0 Å². The smallest absolute Gasteiger partial charge is 0.197 e. The molecular formula is C17H14FNO4. The highest BCUT2D eigenvalue weighted by Crippen LogP contribution is 2.24. The third kappa shape index (κ3) is 3.92. The molecule has 0 radical (unpaired) electrons. The lowest BCUT2D eigenvalue weighted by atomic mass is 9.96. The zero-order valence-corrected chi connectivity index (χ0v) is 12.4. The van der Waals surface area contributed by atoms with E-state index < -0.39 is 17.3 Å². The van der Waals surface area contributed by atoms with Crippen LogP contribution in [0.15, 0.2) is 36.4 Å². The largest absolute Gasteiger partial charge is 0.507 e. The topological polar surface area (TPSA) is 79.5 Å². The molecule has 0 aliphatic carbocycles. The number of rotatable bonds is 6. The van der Waals surface area contributed by atoms with Crippen molar-refractivity contribution < 1.29 is 23.8 Å². The third-order valence-electron chi connectivity index (χ3n) is 3.14. The van der Waals surface area contributed by atoms with E-state index in [0.29, 0.717) is 11.1 Å². The van der Waals surface area contributed by atoms with Crippen LogP contribution in [0.5, 0.6) is 5.75 Å². The Hall–Kier alpha value is -2.75. The molecule has 0 amide bonds. The van der Waals surface area contributed by atoms with Crippen molar-refractivity contribution in [2.75, 3.05) is 13.9 Å². The van der Waals surface area contributed by atoms with E-state index in [2.05, 4.69) is 0 Å². The van der Waals surface area contributed by atoms with Crippen LogP contribution in [0.25, 0.3) is 0 Å². The fourth-order valence-electron chi connectivity index (χ4n) is 2.08. The normalized spacial score (nSPS) is 10.3. The van der Waals surface area contributed by atoms with Crippen molar-refractivity contribution >= 4 is 5.78 Å². The van der Waals surface area contributed by atoms with E-state index in [-0.39, 0.29) is 24.5 Å². The van der Waals surface area contributed by atoms with Crippen molar-refractivity contribution in [3.8, 4) is 11.8 Å². The van der Waals surface area contributed by atoms with Gasteiger partial charge in [0.1, 0.15) is 18.4 Å². The highest BCUT2D eigenvalue weighted by molar-refractivity contribution is 6.11. The molecule has 0 unspecified atom stereocenters. The summed E-state index contributed by atoms with van der Waals surface area (Å²) in [5, 5.41) is 18.7. The van der Waals surface area contributed by atoms with Crippen molar-refractivity contribution in [3.63, 3.8) is 0 Å². The molecule has 0 bridgehead atoms. The highest BCUT2D eigenvalue weighted by atomic mass is 19.1. The number of ketones is 1. The minimum Gasteiger partial charge on any atom is -0.507 e. The van der Waals surface area contributed by atoms with Crippen LogP contribution >= 0.6 is 0 Å². The first-order valence-electron chi connectivity index (χ1n) is 6.69. The second-order valence-electron chi connectivity index (χ2n) is 4.73. The Morgan fingerprint density at radius 3 is 2.65 bits per heavy atom. The fraction of sp³-hybridized carbons (Fsp3) is 0.176. The summed E-state index contributed by atoms with van der Waals surface area (Å²) in [6.07, 6.45) is 0. The molecule has 0 heterocycles. The molecule has 6 heteroatoms. The predicted molar refractivity (Wildman–Crippen MR) is 79.3 cm³/mol. The molecule has 118 valence electrons. The van der Waals surface area contributed by atoms with Gasteiger partial charge in [-0.05, 0) is 35.9 Å². The molecule has 2 rings (SSSR count). The third-order valence-corrected chi connectivity index (χ3v) is 3.14. The standard InChI is InChI=1S/C17H14FNO4/c1-22-10-23-9-12-6-11(8-19)2-4-14(12)17(21)15-5-3-13(18)7-16(15)20/h2-7,20H,9-10H2,1H3. The molecule has 2 aromatic rings. The van der Waals surface area contributed by atoms with Gasteiger partial charge in [0.15, 0.2) is 5.78 Å². The number of methoxy groups -OCH3 is 1. The highest BCUT2D eigenvalue weighted by Gasteiger charge is 2.18. The molecule has 0 aliphatic heterocycles. The zero-order chi connectivity index (χ0) is 16.8. The molecule has 5 nitrogen and oxygen atoms in total. The second-order valence-corrected chi connectivity index (χ2v) is 4.73. The molecular weight excluding hydrogens is 301 g/mol. The Balaban J connectivity index is 2.40. The number of halogens is 1. The molecule has 0 aromatic heterocycles. The number of phenolic OH excluding ortho intramolecular Hbond substituents is 1. The summed E-state index contributed by atoms with van der Waals surface area (Å²) in [6.45, 7) is 0.0958. The van der Waals surface area contributed by atoms with E-state index >= 15 is 0 Å². The van der Waals surface area contributed by atoms with Crippen LogP contribution in [0, 0.1) is 17.1 Å². The monoisotopic (exact) mass is 315 g/mol. The average molecular weight is 315 g/mol. The lowest BCUT2D eigenvalue weighted by Gasteiger charge is -2.11. The van der Waals surface area contributed by atoms with Gasteiger partial charge < -0.3 is 14.6 Å². The lowest BCUT2D eigenvalue weighted by Crippen LogP contribution is -2.08. The van der Waals surface area contributed by atoms with E-state index in [1.54, 1.807) is 0 Å². The van der Waals surface area contributed by atoms with Crippen molar-refractivity contribution in [3.05, 3.63) is 64.5 Å². The van der Waals surface area contributed by atoms with Crippen LogP contribution in [-0.4, -0.2) is 24.8 Å². The Labute approximate surface area is 132 Å². The first-order chi connectivity index (χ1) is 11.1. The number of carbonyl (C=O) groups excluding carboxylic acids is 1. The van der Waals surface area contributed by atoms with Gasteiger partial charge in [0.25, 0.3) is 0 Å². The Kier molecular flexibility index (Phi) is 5.41. The number of nitriles is 1. The van der Waals surface area contributed by atoms with Crippen LogP contribution in [0.4, 0.5) is 4.39 Å². The van der Waals surface area contributed by atoms with Gasteiger partial charge in [0.05, 0.1) is 23.8 Å². The van der Waals surface area contributed by atoms with Crippen molar-refractivity contribution in [2.24, 2.45) is 0 Å². The van der Waals surface area contributed by atoms with Crippen molar-refractivity contribution in [1.29, 1.82) is 5.26 Å². The summed E-state index contributed by atoms with van der Waals surface area (Å²) >= 11 is 0. The van der Waals surface area contributed by atoms with Gasteiger partial charge >= 0.3 is 0 Å². The van der Waals surface area contributed by atoms with Crippen molar-refractivity contribution in [2.45, 2.75) is 6.61 Å². The Morgan fingerprint density at radius 2 is 2.00 bits per heavy atom. The van der Waals surface area contributed by atoms with Crippen LogP contribution in [0.2, 0.25) is 0 Å². The number of hydrogen-bond donors (Lipinski definition) is 1. The number of nitrogens with zero attached hydrogens (tertiary/aromatic N) is 1. The van der Waals surface area contributed by atoms with Gasteiger partial charge in [-0.2, -0.15) is 5.26 Å². The zero-order valence-electron chi connectivity index (χ0n) is 12.4. The Bertz CT molecular complexity index is 768. The van der Waals surface area contributed by atoms with E-state index in [4.69, 9.17) is 14.7 Å². The maximum Gasteiger partial charge on any atom is 0.197 e. The second kappa shape index (κ2) is 7.49. The quantitative estimate of drug-likeness (QED) is 0.504. The number of benzene rings is 2. The maximum absolute atomic E-state index is 13.1. The number of ether oxygens (including phenoxy) is 2. The lowest BCUT2D eigenvalue weighted by molar-refractivity contribution is -0.0392. The first kappa shape index (κ1) is 16.6. The average Bonchev–Trinajstić information content (AvgIpc) is 2.54. The SMILES string of the molecule is COCOCc1cc(C#N)ccc1C(=O)c1ccc(F)cc1O. The molecule has 0 saturated heterocycles. The number of carbonyl (C=O) groups is 1. The van der Waals surface area contributed by atoms with Crippen LogP contribution < -0.4 is 0 Å². The molecule has 0 aliphatic rings. The van der Waals surface area contributed by atoms with Gasteiger partial charge in [-0.25, -0.2) is 4.39 Å². The van der Waals surface area contributed by atoms with Crippen LogP contribution in [0.1, 0.15) is 27.0 Å². The summed E-state index contributed by atoms with van der Waals surface area (Å²) in [5.41, 5.74) is 1.10. The molecule has 0 fully saturated rings. The van der Waals surface area contributed by atoms with Gasteiger partial charge in [0.2, 0.25) is 0 Å². The number of aromatic hydroxyl groups is 1. The minimum absolute atomic E-state index is 0.0240. The summed E-state index contributed by atoms with van der Waals surface area (Å²) in [7, 11) is 1.47. The number of hydrogen-bond acceptors (Lipinski definition) is 5. The fourth-order valence-corrected chi connectivity index (χ4v) is 2.08. The molecule has 0 spiro atoms.